The van der Waals surface area contributed by atoms with Gasteiger partial charge in [-0.25, -0.2) is 0 Å². The molecule has 10 heteroatoms. The van der Waals surface area contributed by atoms with Crippen LogP contribution in [0.15, 0.2) is 45.8 Å². The predicted molar refractivity (Wildman–Crippen MR) is 111 cm³/mol. The van der Waals surface area contributed by atoms with Crippen molar-refractivity contribution in [3.63, 3.8) is 0 Å². The number of benzene rings is 2. The van der Waals surface area contributed by atoms with E-state index in [1.165, 1.54) is 25.3 Å². The summed E-state index contributed by atoms with van der Waals surface area (Å²) >= 11 is 0. The smallest absolute Gasteiger partial charge is 0.325 e. The second-order valence-electron chi connectivity index (χ2n) is 7.07. The molecule has 1 unspecified atom stereocenters. The number of carboxylic acids is 1. The van der Waals surface area contributed by atoms with Crippen molar-refractivity contribution in [2.45, 2.75) is 13.0 Å². The van der Waals surface area contributed by atoms with Gasteiger partial charge in [-0.2, -0.15) is 0 Å². The third-order valence-corrected chi connectivity index (χ3v) is 4.80. The van der Waals surface area contributed by atoms with Gasteiger partial charge in [0.25, 0.3) is 5.91 Å². The quantitative estimate of drug-likeness (QED) is 0.522. The molecule has 166 valence electrons. The Hall–Kier alpha value is -4.21. The van der Waals surface area contributed by atoms with Crippen LogP contribution in [0.5, 0.6) is 23.0 Å². The number of phenolic OH excluding ortho intramolecular Hbond substituents is 1. The summed E-state index contributed by atoms with van der Waals surface area (Å²) in [7, 11) is 0. The van der Waals surface area contributed by atoms with E-state index in [2.05, 4.69) is 5.32 Å². The van der Waals surface area contributed by atoms with Gasteiger partial charge in [-0.05, 0) is 24.6 Å². The zero-order valence-corrected chi connectivity index (χ0v) is 16.9. The van der Waals surface area contributed by atoms with Crippen LogP contribution in [0.4, 0.5) is 0 Å². The lowest BCUT2D eigenvalue weighted by molar-refractivity contribution is -0.141. The normalized spacial score (nSPS) is 13.4. The zero-order chi connectivity index (χ0) is 22.8. The predicted octanol–water partition coefficient (Wildman–Crippen LogP) is 1.90. The molecule has 1 aromatic heterocycles. The summed E-state index contributed by atoms with van der Waals surface area (Å²) in [5, 5.41) is 21.4. The minimum absolute atomic E-state index is 0.0475. The second-order valence-corrected chi connectivity index (χ2v) is 7.07. The fourth-order valence-corrected chi connectivity index (χ4v) is 3.20. The summed E-state index contributed by atoms with van der Waals surface area (Å²) in [5.74, 6) is -1.06. The first kappa shape index (κ1) is 21.0. The van der Waals surface area contributed by atoms with Crippen molar-refractivity contribution >= 4 is 22.8 Å². The third-order valence-electron chi connectivity index (χ3n) is 4.80. The van der Waals surface area contributed by atoms with E-state index in [-0.39, 0.29) is 28.0 Å². The van der Waals surface area contributed by atoms with Crippen LogP contribution >= 0.6 is 0 Å². The van der Waals surface area contributed by atoms with Crippen LogP contribution in [-0.4, -0.2) is 48.0 Å². The molecule has 2 heterocycles. The molecule has 0 radical (unpaired) electrons. The summed E-state index contributed by atoms with van der Waals surface area (Å²) in [6, 6.07) is 6.52. The van der Waals surface area contributed by atoms with Crippen molar-refractivity contribution in [2.75, 3.05) is 19.8 Å². The number of carboxylic acid groups (broad SMARTS) is 1. The van der Waals surface area contributed by atoms with E-state index in [9.17, 15) is 19.5 Å². The highest BCUT2D eigenvalue weighted by molar-refractivity contribution is 5.88. The average molecular weight is 441 g/mol. The van der Waals surface area contributed by atoms with Crippen molar-refractivity contribution in [3.05, 3.63) is 46.8 Å². The number of aromatic hydroxyl groups is 1. The molecule has 2 aromatic carbocycles. The van der Waals surface area contributed by atoms with Crippen LogP contribution in [0.25, 0.3) is 22.1 Å². The molecule has 1 atom stereocenters. The molecule has 0 fully saturated rings. The second kappa shape index (κ2) is 8.50. The molecule has 32 heavy (non-hydrogen) atoms. The summed E-state index contributed by atoms with van der Waals surface area (Å²) < 4.78 is 21.9. The van der Waals surface area contributed by atoms with Crippen molar-refractivity contribution < 1.29 is 38.4 Å². The van der Waals surface area contributed by atoms with Gasteiger partial charge in [0.1, 0.15) is 48.0 Å². The molecule has 10 nitrogen and oxygen atoms in total. The Kier molecular flexibility index (Phi) is 5.59. The number of carbonyl (C=O) groups is 2. The first-order valence-electron chi connectivity index (χ1n) is 9.67. The van der Waals surface area contributed by atoms with Crippen LogP contribution in [0.3, 0.4) is 0 Å². The summed E-state index contributed by atoms with van der Waals surface area (Å²) in [6.07, 6.45) is 1.26. The summed E-state index contributed by atoms with van der Waals surface area (Å²) in [5.41, 5.74) is 0.361. The third kappa shape index (κ3) is 4.15. The van der Waals surface area contributed by atoms with Crippen molar-refractivity contribution in [2.24, 2.45) is 0 Å². The van der Waals surface area contributed by atoms with Crippen molar-refractivity contribution in [1.29, 1.82) is 0 Å². The Bertz CT molecular complexity index is 1260. The van der Waals surface area contributed by atoms with E-state index in [1.54, 1.807) is 18.2 Å². The van der Waals surface area contributed by atoms with Crippen LogP contribution in [0.2, 0.25) is 0 Å². The van der Waals surface area contributed by atoms with Crippen LogP contribution in [-0.2, 0) is 9.59 Å². The van der Waals surface area contributed by atoms with Gasteiger partial charge in [0.15, 0.2) is 18.1 Å². The molecule has 0 spiro atoms. The number of ether oxygens (including phenoxy) is 3. The highest BCUT2D eigenvalue weighted by Crippen LogP contribution is 2.35. The number of carbonyl (C=O) groups excluding carboxylic acids is 1. The molecule has 3 N–H and O–H groups in total. The molecule has 0 aliphatic carbocycles. The first-order valence-corrected chi connectivity index (χ1v) is 9.67. The maximum atomic E-state index is 13.0. The van der Waals surface area contributed by atoms with Gasteiger partial charge in [0.2, 0.25) is 5.43 Å². The number of hydrogen-bond acceptors (Lipinski definition) is 8. The van der Waals surface area contributed by atoms with Crippen LogP contribution in [0.1, 0.15) is 6.92 Å². The average Bonchev–Trinajstić information content (AvgIpc) is 2.77. The molecule has 1 aliphatic rings. The lowest BCUT2D eigenvalue weighted by atomic mass is 10.0. The standard InChI is InChI=1S/C22H19NO9/c1-11(22(27)28)23-19(25)10-31-13-7-15(24)20-18(8-13)32-9-14(21(20)26)12-2-3-16-17(6-12)30-5-4-29-16/h2-3,6-9,11,24H,4-5,10H2,1H3,(H,23,25)(H,27,28). The monoisotopic (exact) mass is 441 g/mol. The fourth-order valence-electron chi connectivity index (χ4n) is 3.20. The largest absolute Gasteiger partial charge is 0.507 e. The van der Waals surface area contributed by atoms with E-state index < -0.39 is 30.0 Å². The van der Waals surface area contributed by atoms with E-state index in [1.807, 2.05) is 0 Å². The fraction of sp³-hybridized carbons (Fsp3) is 0.227. The van der Waals surface area contributed by atoms with Crippen LogP contribution < -0.4 is 25.0 Å². The lowest BCUT2D eigenvalue weighted by Crippen LogP contribution is -2.40. The minimum atomic E-state index is -1.18. The Morgan fingerprint density at radius 3 is 2.66 bits per heavy atom. The van der Waals surface area contributed by atoms with Gasteiger partial charge < -0.3 is 34.2 Å². The highest BCUT2D eigenvalue weighted by atomic mass is 16.6. The molecular weight excluding hydrogens is 422 g/mol. The number of phenols is 1. The molecule has 0 bridgehead atoms. The van der Waals surface area contributed by atoms with Gasteiger partial charge in [-0.15, -0.1) is 0 Å². The zero-order valence-electron chi connectivity index (χ0n) is 16.9. The summed E-state index contributed by atoms with van der Waals surface area (Å²) in [6.45, 7) is 1.68. The maximum absolute atomic E-state index is 13.0. The topological polar surface area (TPSA) is 145 Å². The number of nitrogens with one attached hydrogen (secondary N) is 1. The Morgan fingerprint density at radius 1 is 1.16 bits per heavy atom. The molecule has 3 aromatic rings. The van der Waals surface area contributed by atoms with Crippen molar-refractivity contribution in [1.82, 2.24) is 5.32 Å². The molecule has 4 rings (SSSR count). The minimum Gasteiger partial charge on any atom is -0.507 e. The van der Waals surface area contributed by atoms with Gasteiger partial charge >= 0.3 is 5.97 Å². The van der Waals surface area contributed by atoms with Crippen LogP contribution in [0, 0.1) is 0 Å². The van der Waals surface area contributed by atoms with E-state index >= 15 is 0 Å². The number of fused-ring (bicyclic) bond motifs is 2. The maximum Gasteiger partial charge on any atom is 0.325 e. The Morgan fingerprint density at radius 2 is 1.91 bits per heavy atom. The van der Waals surface area contributed by atoms with E-state index in [4.69, 9.17) is 23.7 Å². The Labute approximate surface area is 180 Å². The number of amides is 1. The highest BCUT2D eigenvalue weighted by Gasteiger charge is 2.19. The number of hydrogen-bond donors (Lipinski definition) is 3. The van der Waals surface area contributed by atoms with E-state index in [0.717, 1.165) is 0 Å². The SMILES string of the molecule is CC(NC(=O)COc1cc(O)c2c(=O)c(-c3ccc4c(c3)OCCO4)coc2c1)C(=O)O. The molecule has 0 saturated heterocycles. The Balaban J connectivity index is 1.59. The molecule has 1 amide bonds. The first-order chi connectivity index (χ1) is 15.3. The molecule has 1 aliphatic heterocycles. The molecule has 0 saturated carbocycles. The number of aliphatic carboxylic acids is 1. The van der Waals surface area contributed by atoms with Gasteiger partial charge in [0, 0.05) is 12.1 Å². The summed E-state index contributed by atoms with van der Waals surface area (Å²) in [4.78, 5) is 35.6. The molecular formula is C22H19NO9. The van der Waals surface area contributed by atoms with E-state index in [0.29, 0.717) is 30.3 Å². The van der Waals surface area contributed by atoms with Crippen molar-refractivity contribution in [3.8, 4) is 34.1 Å². The van der Waals surface area contributed by atoms with Gasteiger partial charge in [-0.1, -0.05) is 6.07 Å². The van der Waals surface area contributed by atoms with Gasteiger partial charge in [-0.3, -0.25) is 14.4 Å². The lowest BCUT2D eigenvalue weighted by Gasteiger charge is -2.18. The number of rotatable bonds is 6. The van der Waals surface area contributed by atoms with Gasteiger partial charge in [0.05, 0.1) is 5.56 Å².